The van der Waals surface area contributed by atoms with Crippen molar-refractivity contribution in [2.45, 2.75) is 50.4 Å². The van der Waals surface area contributed by atoms with Crippen LogP contribution in [-0.2, 0) is 22.4 Å². The molecule has 8 nitrogen and oxygen atoms in total. The van der Waals surface area contributed by atoms with Crippen LogP contribution in [-0.4, -0.2) is 32.2 Å². The summed E-state index contributed by atoms with van der Waals surface area (Å²) in [7, 11) is 0. The topological polar surface area (TPSA) is 110 Å². The smallest absolute Gasteiger partial charge is 0.229 e. The third-order valence-electron chi connectivity index (χ3n) is 7.14. The molecule has 2 N–H and O–H groups in total. The zero-order chi connectivity index (χ0) is 25.9. The molecule has 2 aliphatic carbocycles. The van der Waals surface area contributed by atoms with E-state index >= 15 is 0 Å². The summed E-state index contributed by atoms with van der Waals surface area (Å²) in [4.78, 5) is 25.1. The summed E-state index contributed by atoms with van der Waals surface area (Å²) in [5.41, 5.74) is 2.44. The Balaban J connectivity index is 0.897. The number of hydrogen-bond acceptors (Lipinski definition) is 8. The Morgan fingerprint density at radius 2 is 1.08 bits per heavy atom. The number of nitrogens with one attached hydrogen (secondary N) is 2. The van der Waals surface area contributed by atoms with Crippen LogP contribution < -0.4 is 10.6 Å². The lowest BCUT2D eigenvalue weighted by Crippen LogP contribution is -2.14. The van der Waals surface area contributed by atoms with E-state index in [9.17, 15) is 9.59 Å². The highest BCUT2D eigenvalue weighted by atomic mass is 32.1. The van der Waals surface area contributed by atoms with Gasteiger partial charge in [-0.1, -0.05) is 83.3 Å². The molecule has 0 radical (unpaired) electrons. The number of hydrogen-bond donors (Lipinski definition) is 2. The van der Waals surface area contributed by atoms with Gasteiger partial charge >= 0.3 is 0 Å². The van der Waals surface area contributed by atoms with Crippen molar-refractivity contribution in [3.05, 3.63) is 81.8 Å². The highest BCUT2D eigenvalue weighted by molar-refractivity contribution is 7.15. The van der Waals surface area contributed by atoms with Gasteiger partial charge in [0.2, 0.25) is 22.1 Å². The normalized spacial score (nSPS) is 21.6. The van der Waals surface area contributed by atoms with Crippen LogP contribution in [0.3, 0.4) is 0 Å². The SMILES string of the molecule is O=C(Nc1nnc(CCCCc2nnc(NC(=O)[C@@H]3C[C@H]3c3ccccc3)s2)s1)C1C[C@H]1c1ccccc1. The predicted molar refractivity (Wildman–Crippen MR) is 148 cm³/mol. The number of rotatable bonds is 11. The molecule has 38 heavy (non-hydrogen) atoms. The van der Waals surface area contributed by atoms with E-state index in [2.05, 4.69) is 55.3 Å². The minimum Gasteiger partial charge on any atom is -0.300 e. The molecule has 1 unspecified atom stereocenters. The molecule has 10 heteroatoms. The average molecular weight is 545 g/mol. The molecular formula is C28H28N6O2S2. The summed E-state index contributed by atoms with van der Waals surface area (Å²) < 4.78 is 0. The Hall–Kier alpha value is -3.50. The van der Waals surface area contributed by atoms with E-state index in [1.807, 2.05) is 36.4 Å². The van der Waals surface area contributed by atoms with Crippen molar-refractivity contribution < 1.29 is 9.59 Å². The minimum absolute atomic E-state index is 0.0147. The highest BCUT2D eigenvalue weighted by Gasteiger charge is 2.44. The molecule has 0 aliphatic heterocycles. The van der Waals surface area contributed by atoms with Crippen molar-refractivity contribution in [3.63, 3.8) is 0 Å². The van der Waals surface area contributed by atoms with Crippen molar-refractivity contribution >= 4 is 44.8 Å². The van der Waals surface area contributed by atoms with Crippen LogP contribution in [0.2, 0.25) is 0 Å². The summed E-state index contributed by atoms with van der Waals surface area (Å²) in [6, 6.07) is 20.3. The first-order chi connectivity index (χ1) is 18.6. The van der Waals surface area contributed by atoms with Gasteiger partial charge in [0.1, 0.15) is 10.0 Å². The van der Waals surface area contributed by atoms with Gasteiger partial charge in [0, 0.05) is 24.7 Å². The summed E-state index contributed by atoms with van der Waals surface area (Å²) in [5, 5.41) is 25.6. The lowest BCUT2D eigenvalue weighted by Gasteiger charge is -2.01. The van der Waals surface area contributed by atoms with Crippen LogP contribution in [0.15, 0.2) is 60.7 Å². The van der Waals surface area contributed by atoms with E-state index in [1.165, 1.54) is 33.8 Å². The van der Waals surface area contributed by atoms with Crippen molar-refractivity contribution in [3.8, 4) is 0 Å². The number of unbranched alkanes of at least 4 members (excludes halogenated alkanes) is 1. The minimum atomic E-state index is 0.0147. The molecule has 2 fully saturated rings. The molecule has 0 spiro atoms. The van der Waals surface area contributed by atoms with Crippen LogP contribution in [0.4, 0.5) is 10.3 Å². The molecule has 2 aromatic heterocycles. The first kappa shape index (κ1) is 24.8. The molecule has 4 atom stereocenters. The number of anilines is 2. The third kappa shape index (κ3) is 5.97. The van der Waals surface area contributed by atoms with E-state index in [-0.39, 0.29) is 23.7 Å². The van der Waals surface area contributed by atoms with E-state index in [0.717, 1.165) is 48.5 Å². The fourth-order valence-electron chi connectivity index (χ4n) is 4.87. The maximum absolute atomic E-state index is 12.6. The predicted octanol–water partition coefficient (Wildman–Crippen LogP) is 5.44. The van der Waals surface area contributed by atoms with Crippen LogP contribution in [0.1, 0.15) is 58.7 Å². The number of aryl methyl sites for hydroxylation is 2. The van der Waals surface area contributed by atoms with E-state index in [1.54, 1.807) is 0 Å². The Morgan fingerprint density at radius 3 is 1.50 bits per heavy atom. The fourth-order valence-corrected chi connectivity index (χ4v) is 6.43. The number of carbonyl (C=O) groups excluding carboxylic acids is 2. The molecule has 2 aromatic carbocycles. The summed E-state index contributed by atoms with van der Waals surface area (Å²) in [6.07, 6.45) is 5.23. The molecule has 0 saturated heterocycles. The van der Waals surface area contributed by atoms with Gasteiger partial charge in [0.25, 0.3) is 0 Å². The Kier molecular flexibility index (Phi) is 7.24. The van der Waals surface area contributed by atoms with Crippen molar-refractivity contribution in [1.29, 1.82) is 0 Å². The van der Waals surface area contributed by atoms with Gasteiger partial charge in [0.05, 0.1) is 0 Å². The maximum Gasteiger partial charge on any atom is 0.229 e. The molecule has 2 aliphatic rings. The van der Waals surface area contributed by atoms with Crippen molar-refractivity contribution in [2.24, 2.45) is 11.8 Å². The Labute approximate surface area is 228 Å². The third-order valence-corrected chi connectivity index (χ3v) is 8.93. The lowest BCUT2D eigenvalue weighted by molar-refractivity contribution is -0.118. The molecule has 0 bridgehead atoms. The molecular weight excluding hydrogens is 516 g/mol. The highest BCUT2D eigenvalue weighted by Crippen LogP contribution is 2.48. The standard InChI is InChI=1S/C28H28N6O2S2/c35-25(21-15-19(21)17-9-3-1-4-10-17)29-27-33-31-23(37-27)13-7-8-14-24-32-34-28(38-24)30-26(36)22-16-20(22)18-11-5-2-6-12-18/h1-6,9-12,19-22H,7-8,13-16H2,(H,29,33,35)(H,30,34,36)/t19-,20-,21+,22?/m0/s1. The fraction of sp³-hybridized carbons (Fsp3) is 0.357. The van der Waals surface area contributed by atoms with E-state index < -0.39 is 0 Å². The van der Waals surface area contributed by atoms with Crippen LogP contribution in [0, 0.1) is 11.8 Å². The first-order valence-corrected chi connectivity index (χ1v) is 14.6. The molecule has 2 heterocycles. The van der Waals surface area contributed by atoms with Gasteiger partial charge in [-0.25, -0.2) is 0 Å². The zero-order valence-corrected chi connectivity index (χ0v) is 22.4. The van der Waals surface area contributed by atoms with Crippen LogP contribution in [0.5, 0.6) is 0 Å². The summed E-state index contributed by atoms with van der Waals surface area (Å²) in [5.74, 6) is 0.688. The van der Waals surface area contributed by atoms with Crippen LogP contribution in [0.25, 0.3) is 0 Å². The first-order valence-electron chi connectivity index (χ1n) is 13.0. The average Bonchev–Trinajstić information content (AvgIpc) is 3.84. The Morgan fingerprint density at radius 1 is 0.658 bits per heavy atom. The lowest BCUT2D eigenvalue weighted by atomic mass is 10.1. The van der Waals surface area contributed by atoms with Gasteiger partial charge in [0.15, 0.2) is 0 Å². The molecule has 6 rings (SSSR count). The summed E-state index contributed by atoms with van der Waals surface area (Å²) in [6.45, 7) is 0. The number of aromatic nitrogens is 4. The number of nitrogens with zero attached hydrogens (tertiary/aromatic N) is 4. The van der Waals surface area contributed by atoms with Crippen molar-refractivity contribution in [1.82, 2.24) is 20.4 Å². The maximum atomic E-state index is 12.6. The second-order valence-electron chi connectivity index (χ2n) is 9.91. The van der Waals surface area contributed by atoms with Gasteiger partial charge in [-0.05, 0) is 48.6 Å². The van der Waals surface area contributed by atoms with Crippen LogP contribution >= 0.6 is 22.7 Å². The van der Waals surface area contributed by atoms with E-state index in [0.29, 0.717) is 22.1 Å². The quantitative estimate of drug-likeness (QED) is 0.243. The number of carbonyl (C=O) groups is 2. The van der Waals surface area contributed by atoms with Gasteiger partial charge < -0.3 is 10.6 Å². The van der Waals surface area contributed by atoms with Gasteiger partial charge in [-0.15, -0.1) is 20.4 Å². The van der Waals surface area contributed by atoms with E-state index in [4.69, 9.17) is 0 Å². The Bertz CT molecular complexity index is 1300. The second-order valence-corrected chi connectivity index (χ2v) is 12.0. The molecule has 2 amide bonds. The monoisotopic (exact) mass is 544 g/mol. The number of benzene rings is 2. The van der Waals surface area contributed by atoms with Crippen molar-refractivity contribution in [2.75, 3.05) is 10.6 Å². The largest absolute Gasteiger partial charge is 0.300 e. The van der Waals surface area contributed by atoms with Gasteiger partial charge in [-0.2, -0.15) is 0 Å². The number of amides is 2. The van der Waals surface area contributed by atoms with Gasteiger partial charge in [-0.3, -0.25) is 9.59 Å². The molecule has 194 valence electrons. The second kappa shape index (κ2) is 11.1. The summed E-state index contributed by atoms with van der Waals surface area (Å²) >= 11 is 2.88. The zero-order valence-electron chi connectivity index (χ0n) is 20.7. The molecule has 4 aromatic rings. The molecule has 2 saturated carbocycles.